The first-order chi connectivity index (χ1) is 9.61. The minimum atomic E-state index is -0.939. The van der Waals surface area contributed by atoms with Gasteiger partial charge in [-0.3, -0.25) is 0 Å². The largest absolute Gasteiger partial charge is 0.480 e. The van der Waals surface area contributed by atoms with Crippen LogP contribution in [0.2, 0.25) is 0 Å². The van der Waals surface area contributed by atoms with Crippen LogP contribution in [-0.4, -0.2) is 65.3 Å². The SMILES string of the molecule is CCCN(C(=O)N1CCC(OCC(=O)O)CC1)C1CC1. The molecule has 2 aliphatic rings. The Morgan fingerprint density at radius 3 is 2.40 bits per heavy atom. The van der Waals surface area contributed by atoms with Gasteiger partial charge in [-0.05, 0) is 32.1 Å². The zero-order valence-electron chi connectivity index (χ0n) is 12.1. The van der Waals surface area contributed by atoms with Crippen LogP contribution >= 0.6 is 0 Å². The van der Waals surface area contributed by atoms with Gasteiger partial charge in [-0.1, -0.05) is 6.92 Å². The maximum Gasteiger partial charge on any atom is 0.329 e. The molecule has 0 aromatic rings. The second-order valence-electron chi connectivity index (χ2n) is 5.60. The Morgan fingerprint density at radius 1 is 1.25 bits per heavy atom. The molecule has 0 radical (unpaired) electrons. The van der Waals surface area contributed by atoms with E-state index in [2.05, 4.69) is 6.92 Å². The maximum atomic E-state index is 12.5. The number of likely N-dealkylation sites (tertiary alicyclic amines) is 1. The summed E-state index contributed by atoms with van der Waals surface area (Å²) in [7, 11) is 0. The fraction of sp³-hybridized carbons (Fsp3) is 0.857. The second-order valence-corrected chi connectivity index (χ2v) is 5.60. The first-order valence-electron chi connectivity index (χ1n) is 7.50. The lowest BCUT2D eigenvalue weighted by molar-refractivity contribution is -0.145. The molecular weight excluding hydrogens is 260 g/mol. The molecule has 0 bridgehead atoms. The molecule has 1 N–H and O–H groups in total. The van der Waals surface area contributed by atoms with E-state index in [1.54, 1.807) is 0 Å². The molecule has 2 amide bonds. The third kappa shape index (κ3) is 4.10. The Bertz CT molecular complexity index is 349. The Hall–Kier alpha value is -1.30. The lowest BCUT2D eigenvalue weighted by Crippen LogP contribution is -2.49. The highest BCUT2D eigenvalue weighted by Crippen LogP contribution is 2.28. The van der Waals surface area contributed by atoms with Crippen molar-refractivity contribution >= 4 is 12.0 Å². The molecule has 1 saturated heterocycles. The summed E-state index contributed by atoms with van der Waals surface area (Å²) in [6, 6.07) is 0.592. The fourth-order valence-electron chi connectivity index (χ4n) is 2.65. The summed E-state index contributed by atoms with van der Waals surface area (Å²) in [6.07, 6.45) is 4.66. The topological polar surface area (TPSA) is 70.1 Å². The molecular formula is C14H24N2O4. The van der Waals surface area contributed by atoms with E-state index in [0.717, 1.165) is 38.6 Å². The van der Waals surface area contributed by atoms with Crippen molar-refractivity contribution in [3.05, 3.63) is 0 Å². The molecule has 1 aliphatic carbocycles. The van der Waals surface area contributed by atoms with Gasteiger partial charge in [-0.2, -0.15) is 0 Å². The molecule has 0 aromatic carbocycles. The van der Waals surface area contributed by atoms with Crippen molar-refractivity contribution in [2.45, 2.75) is 51.2 Å². The Balaban J connectivity index is 1.77. The first-order valence-corrected chi connectivity index (χ1v) is 7.50. The van der Waals surface area contributed by atoms with E-state index in [4.69, 9.17) is 9.84 Å². The van der Waals surface area contributed by atoms with Crippen LogP contribution in [-0.2, 0) is 9.53 Å². The molecule has 20 heavy (non-hydrogen) atoms. The number of rotatable bonds is 6. The van der Waals surface area contributed by atoms with E-state index < -0.39 is 5.97 Å². The van der Waals surface area contributed by atoms with Crippen LogP contribution in [0.1, 0.15) is 39.0 Å². The van der Waals surface area contributed by atoms with Crippen LogP contribution < -0.4 is 0 Å². The zero-order valence-corrected chi connectivity index (χ0v) is 12.1. The van der Waals surface area contributed by atoms with Gasteiger partial charge in [0.05, 0.1) is 6.10 Å². The summed E-state index contributed by atoms with van der Waals surface area (Å²) in [5.74, 6) is -0.939. The first kappa shape index (κ1) is 15.1. The standard InChI is InChI=1S/C14H24N2O4/c1-2-7-16(11-3-4-11)14(19)15-8-5-12(6-9-15)20-10-13(17)18/h11-12H,2-10H2,1H3,(H,17,18). The summed E-state index contributed by atoms with van der Waals surface area (Å²) in [6.45, 7) is 4.00. The fourth-order valence-corrected chi connectivity index (χ4v) is 2.65. The highest BCUT2D eigenvalue weighted by molar-refractivity contribution is 5.75. The minimum absolute atomic E-state index is 0.0318. The van der Waals surface area contributed by atoms with Crippen LogP contribution in [0.3, 0.4) is 0 Å². The second kappa shape index (κ2) is 6.92. The highest BCUT2D eigenvalue weighted by atomic mass is 16.5. The number of carboxylic acids is 1. The Morgan fingerprint density at radius 2 is 1.90 bits per heavy atom. The number of nitrogens with zero attached hydrogens (tertiary/aromatic N) is 2. The minimum Gasteiger partial charge on any atom is -0.480 e. The van der Waals surface area contributed by atoms with Crippen LogP contribution in [0.4, 0.5) is 4.79 Å². The monoisotopic (exact) mass is 284 g/mol. The number of amides is 2. The molecule has 0 spiro atoms. The Kier molecular flexibility index (Phi) is 5.23. The lowest BCUT2D eigenvalue weighted by Gasteiger charge is -2.35. The third-order valence-electron chi connectivity index (χ3n) is 3.85. The predicted octanol–water partition coefficient (Wildman–Crippen LogP) is 1.55. The molecule has 0 atom stereocenters. The average molecular weight is 284 g/mol. The summed E-state index contributed by atoms with van der Waals surface area (Å²) in [5, 5.41) is 8.59. The molecule has 6 heteroatoms. The molecule has 1 saturated carbocycles. The van der Waals surface area contributed by atoms with Crippen LogP contribution in [0.25, 0.3) is 0 Å². The predicted molar refractivity (Wildman–Crippen MR) is 73.6 cm³/mol. The van der Waals surface area contributed by atoms with Crippen molar-refractivity contribution in [3.63, 3.8) is 0 Å². The normalized spacial score (nSPS) is 19.9. The number of piperidine rings is 1. The number of ether oxygens (including phenoxy) is 1. The van der Waals surface area contributed by atoms with Gasteiger partial charge >= 0.3 is 12.0 Å². The van der Waals surface area contributed by atoms with E-state index in [-0.39, 0.29) is 18.7 Å². The zero-order chi connectivity index (χ0) is 14.5. The van der Waals surface area contributed by atoms with Crippen molar-refractivity contribution in [2.24, 2.45) is 0 Å². The van der Waals surface area contributed by atoms with Gasteiger partial charge in [0.1, 0.15) is 6.61 Å². The number of hydrogen-bond acceptors (Lipinski definition) is 3. The quantitative estimate of drug-likeness (QED) is 0.803. The van der Waals surface area contributed by atoms with Crippen molar-refractivity contribution in [1.82, 2.24) is 9.80 Å². The van der Waals surface area contributed by atoms with E-state index in [9.17, 15) is 9.59 Å². The molecule has 114 valence electrons. The summed E-state index contributed by atoms with van der Waals surface area (Å²) in [4.78, 5) is 26.8. The molecule has 1 aliphatic heterocycles. The van der Waals surface area contributed by atoms with Crippen molar-refractivity contribution < 1.29 is 19.4 Å². The molecule has 2 fully saturated rings. The number of carbonyl (C=O) groups is 2. The summed E-state index contributed by atoms with van der Waals surface area (Å²) < 4.78 is 5.29. The molecule has 6 nitrogen and oxygen atoms in total. The van der Waals surface area contributed by atoms with E-state index in [0.29, 0.717) is 19.1 Å². The lowest BCUT2D eigenvalue weighted by atomic mass is 10.1. The third-order valence-corrected chi connectivity index (χ3v) is 3.85. The maximum absolute atomic E-state index is 12.5. The van der Waals surface area contributed by atoms with Crippen LogP contribution in [0.15, 0.2) is 0 Å². The molecule has 0 aromatic heterocycles. The number of urea groups is 1. The van der Waals surface area contributed by atoms with Gasteiger partial charge in [-0.15, -0.1) is 0 Å². The molecule has 0 unspecified atom stereocenters. The highest BCUT2D eigenvalue weighted by Gasteiger charge is 2.35. The molecule has 2 rings (SSSR count). The van der Waals surface area contributed by atoms with E-state index in [1.165, 1.54) is 0 Å². The average Bonchev–Trinajstić information content (AvgIpc) is 3.27. The van der Waals surface area contributed by atoms with Crippen LogP contribution in [0.5, 0.6) is 0 Å². The van der Waals surface area contributed by atoms with Gasteiger partial charge in [0.25, 0.3) is 0 Å². The van der Waals surface area contributed by atoms with Gasteiger partial charge in [0, 0.05) is 25.7 Å². The number of hydrogen-bond donors (Lipinski definition) is 1. The number of aliphatic carboxylic acids is 1. The van der Waals surface area contributed by atoms with Crippen molar-refractivity contribution in [2.75, 3.05) is 26.2 Å². The molecule has 1 heterocycles. The summed E-state index contributed by atoms with van der Waals surface area (Å²) >= 11 is 0. The van der Waals surface area contributed by atoms with E-state index in [1.807, 2.05) is 9.80 Å². The van der Waals surface area contributed by atoms with Gasteiger partial charge < -0.3 is 19.6 Å². The smallest absolute Gasteiger partial charge is 0.329 e. The Labute approximate surface area is 119 Å². The summed E-state index contributed by atoms with van der Waals surface area (Å²) in [5.41, 5.74) is 0. The number of carboxylic acid groups (broad SMARTS) is 1. The van der Waals surface area contributed by atoms with Gasteiger partial charge in [0.2, 0.25) is 0 Å². The van der Waals surface area contributed by atoms with E-state index >= 15 is 0 Å². The van der Waals surface area contributed by atoms with Crippen LogP contribution in [0, 0.1) is 0 Å². The van der Waals surface area contributed by atoms with Crippen molar-refractivity contribution in [3.8, 4) is 0 Å². The van der Waals surface area contributed by atoms with Crippen molar-refractivity contribution in [1.29, 1.82) is 0 Å². The van der Waals surface area contributed by atoms with Gasteiger partial charge in [-0.25, -0.2) is 9.59 Å². The number of carbonyl (C=O) groups excluding carboxylic acids is 1. The van der Waals surface area contributed by atoms with Gasteiger partial charge in [0.15, 0.2) is 0 Å².